The van der Waals surface area contributed by atoms with Crippen LogP contribution in [0.1, 0.15) is 29.7 Å². The number of rotatable bonds is 1. The van der Waals surface area contributed by atoms with Crippen molar-refractivity contribution < 1.29 is 9.53 Å². The summed E-state index contributed by atoms with van der Waals surface area (Å²) >= 11 is 0. The highest BCUT2D eigenvalue weighted by Crippen LogP contribution is 2.40. The molecule has 23 heavy (non-hydrogen) atoms. The lowest BCUT2D eigenvalue weighted by atomic mass is 10.1. The van der Waals surface area contributed by atoms with Gasteiger partial charge in [-0.3, -0.25) is 4.90 Å². The molecule has 0 spiro atoms. The third-order valence-electron chi connectivity index (χ3n) is 4.78. The highest BCUT2D eigenvalue weighted by molar-refractivity contribution is 5.70. The first-order valence-electron chi connectivity index (χ1n) is 8.13. The van der Waals surface area contributed by atoms with E-state index >= 15 is 0 Å². The normalized spacial score (nSPS) is 21.5. The molecule has 1 aliphatic heterocycles. The van der Waals surface area contributed by atoms with Crippen molar-refractivity contribution in [2.75, 3.05) is 11.9 Å². The van der Waals surface area contributed by atoms with Crippen molar-refractivity contribution in [2.45, 2.75) is 32.0 Å². The van der Waals surface area contributed by atoms with Crippen LogP contribution in [0.5, 0.6) is 0 Å². The molecule has 0 fully saturated rings. The summed E-state index contributed by atoms with van der Waals surface area (Å²) in [4.78, 5) is 14.4. The molecule has 0 bridgehead atoms. The van der Waals surface area contributed by atoms with Gasteiger partial charge in [0, 0.05) is 5.69 Å². The molecule has 118 valence electrons. The fraction of sp³-hybridized carbons (Fsp3) is 0.316. The lowest BCUT2D eigenvalue weighted by molar-refractivity contribution is 0.0857. The van der Waals surface area contributed by atoms with Gasteiger partial charge in [0.1, 0.15) is 0 Å². The second kappa shape index (κ2) is 5.61. The number of nitrogens with zero attached hydrogens (tertiary/aromatic N) is 1. The van der Waals surface area contributed by atoms with Crippen LogP contribution in [0.25, 0.3) is 0 Å². The molecule has 1 N–H and O–H groups in total. The first kappa shape index (κ1) is 14.1. The van der Waals surface area contributed by atoms with Gasteiger partial charge in [-0.05, 0) is 36.1 Å². The van der Waals surface area contributed by atoms with Crippen LogP contribution < -0.4 is 5.32 Å². The molecule has 4 nitrogen and oxygen atoms in total. The Labute approximate surface area is 136 Å². The Morgan fingerprint density at radius 3 is 2.74 bits per heavy atom. The van der Waals surface area contributed by atoms with Crippen LogP contribution in [0.4, 0.5) is 10.5 Å². The number of benzene rings is 2. The van der Waals surface area contributed by atoms with Gasteiger partial charge in [0.2, 0.25) is 0 Å². The average molecular weight is 308 g/mol. The Balaban J connectivity index is 1.78. The Morgan fingerprint density at radius 1 is 1.17 bits per heavy atom. The molecule has 2 aromatic carbocycles. The maximum atomic E-state index is 12.5. The second-order valence-corrected chi connectivity index (χ2v) is 6.08. The number of para-hydroxylation sites is 1. The summed E-state index contributed by atoms with van der Waals surface area (Å²) in [6.45, 7) is 2.83. The highest BCUT2D eigenvalue weighted by atomic mass is 16.6. The van der Waals surface area contributed by atoms with E-state index in [4.69, 9.17) is 4.74 Å². The standard InChI is InChI=1S/C19H20N2O2/c1-2-23-19(22)21-12-14-8-4-6-10-16(14)20-18-15-9-5-3-7-13(15)11-17(18)21/h3-10,17-18,20H,2,11-12H2,1H3/t17-,18-/m1/s1. The van der Waals surface area contributed by atoms with Crippen LogP contribution >= 0.6 is 0 Å². The molecule has 2 atom stereocenters. The van der Waals surface area contributed by atoms with Crippen molar-refractivity contribution in [1.29, 1.82) is 0 Å². The maximum Gasteiger partial charge on any atom is 0.410 e. The molecule has 1 aliphatic carbocycles. The van der Waals surface area contributed by atoms with Crippen molar-refractivity contribution in [3.63, 3.8) is 0 Å². The molecular formula is C19H20N2O2. The number of anilines is 1. The maximum absolute atomic E-state index is 12.5. The largest absolute Gasteiger partial charge is 0.450 e. The van der Waals surface area contributed by atoms with Gasteiger partial charge in [-0.25, -0.2) is 4.79 Å². The van der Waals surface area contributed by atoms with Crippen molar-refractivity contribution in [3.05, 3.63) is 65.2 Å². The monoisotopic (exact) mass is 308 g/mol. The lowest BCUT2D eigenvalue weighted by Gasteiger charge is -2.30. The van der Waals surface area contributed by atoms with E-state index in [1.807, 2.05) is 24.0 Å². The second-order valence-electron chi connectivity index (χ2n) is 6.08. The molecule has 2 aromatic rings. The van der Waals surface area contributed by atoms with Crippen molar-refractivity contribution in [2.24, 2.45) is 0 Å². The summed E-state index contributed by atoms with van der Waals surface area (Å²) in [5.41, 5.74) is 4.82. The Morgan fingerprint density at radius 2 is 1.91 bits per heavy atom. The Kier molecular flexibility index (Phi) is 3.45. The van der Waals surface area contributed by atoms with E-state index in [9.17, 15) is 4.79 Å². The van der Waals surface area contributed by atoms with E-state index in [0.29, 0.717) is 13.2 Å². The molecule has 0 radical (unpaired) electrons. The van der Waals surface area contributed by atoms with Crippen LogP contribution in [0.2, 0.25) is 0 Å². The average Bonchev–Trinajstić information content (AvgIpc) is 2.84. The third kappa shape index (κ3) is 2.34. The van der Waals surface area contributed by atoms with Crippen LogP contribution in [-0.2, 0) is 17.7 Å². The van der Waals surface area contributed by atoms with Gasteiger partial charge in [0.15, 0.2) is 0 Å². The topological polar surface area (TPSA) is 41.6 Å². The van der Waals surface area contributed by atoms with Gasteiger partial charge >= 0.3 is 6.09 Å². The van der Waals surface area contributed by atoms with E-state index in [2.05, 4.69) is 41.7 Å². The number of carbonyl (C=O) groups is 1. The SMILES string of the molecule is CCOC(=O)N1Cc2ccccc2N[C@@H]2c3ccccc3C[C@H]21. The van der Waals surface area contributed by atoms with E-state index < -0.39 is 0 Å². The van der Waals surface area contributed by atoms with Crippen LogP contribution in [-0.4, -0.2) is 23.6 Å². The number of carbonyl (C=O) groups excluding carboxylic acids is 1. The molecule has 2 aliphatic rings. The highest BCUT2D eigenvalue weighted by Gasteiger charge is 2.41. The fourth-order valence-corrected chi connectivity index (χ4v) is 3.71. The minimum absolute atomic E-state index is 0.0823. The minimum Gasteiger partial charge on any atom is -0.450 e. The smallest absolute Gasteiger partial charge is 0.410 e. The minimum atomic E-state index is -0.228. The predicted octanol–water partition coefficient (Wildman–Crippen LogP) is 3.74. The van der Waals surface area contributed by atoms with Gasteiger partial charge in [-0.15, -0.1) is 0 Å². The molecule has 0 saturated heterocycles. The van der Waals surface area contributed by atoms with E-state index in [1.54, 1.807) is 0 Å². The van der Waals surface area contributed by atoms with Crippen molar-refractivity contribution in [1.82, 2.24) is 4.90 Å². The summed E-state index contributed by atoms with van der Waals surface area (Å²) in [6, 6.07) is 16.8. The zero-order chi connectivity index (χ0) is 15.8. The number of hydrogen-bond acceptors (Lipinski definition) is 3. The van der Waals surface area contributed by atoms with E-state index in [-0.39, 0.29) is 18.2 Å². The molecule has 1 amide bonds. The van der Waals surface area contributed by atoms with Gasteiger partial charge in [0.05, 0.1) is 25.2 Å². The van der Waals surface area contributed by atoms with Gasteiger partial charge in [-0.1, -0.05) is 42.5 Å². The zero-order valence-electron chi connectivity index (χ0n) is 13.2. The molecule has 4 heteroatoms. The molecule has 0 aromatic heterocycles. The summed E-state index contributed by atoms with van der Waals surface area (Å²) in [5.74, 6) is 0. The molecule has 0 saturated carbocycles. The zero-order valence-corrected chi connectivity index (χ0v) is 13.2. The van der Waals surface area contributed by atoms with Crippen LogP contribution in [0.3, 0.4) is 0 Å². The van der Waals surface area contributed by atoms with Crippen molar-refractivity contribution >= 4 is 11.8 Å². The summed E-state index contributed by atoms with van der Waals surface area (Å²) < 4.78 is 5.32. The van der Waals surface area contributed by atoms with Gasteiger partial charge in [-0.2, -0.15) is 0 Å². The summed E-state index contributed by atoms with van der Waals surface area (Å²) in [7, 11) is 0. The van der Waals surface area contributed by atoms with Crippen LogP contribution in [0, 0.1) is 0 Å². The van der Waals surface area contributed by atoms with Gasteiger partial charge < -0.3 is 10.1 Å². The Bertz CT molecular complexity index is 744. The fourth-order valence-electron chi connectivity index (χ4n) is 3.71. The first-order chi connectivity index (χ1) is 11.3. The summed E-state index contributed by atoms with van der Waals surface area (Å²) in [6.07, 6.45) is 0.634. The van der Waals surface area contributed by atoms with E-state index in [1.165, 1.54) is 11.1 Å². The quantitative estimate of drug-likeness (QED) is 0.872. The molecular weight excluding hydrogens is 288 g/mol. The number of amides is 1. The van der Waals surface area contributed by atoms with Gasteiger partial charge in [0.25, 0.3) is 0 Å². The molecule has 1 heterocycles. The number of hydrogen-bond donors (Lipinski definition) is 1. The molecule has 0 unspecified atom stereocenters. The lowest BCUT2D eigenvalue weighted by Crippen LogP contribution is -2.42. The summed E-state index contributed by atoms with van der Waals surface area (Å²) in [5, 5.41) is 3.66. The first-order valence-corrected chi connectivity index (χ1v) is 8.13. The van der Waals surface area contributed by atoms with Crippen molar-refractivity contribution in [3.8, 4) is 0 Å². The third-order valence-corrected chi connectivity index (χ3v) is 4.78. The number of fused-ring (bicyclic) bond motifs is 4. The Hall–Kier alpha value is -2.49. The predicted molar refractivity (Wildman–Crippen MR) is 89.3 cm³/mol. The van der Waals surface area contributed by atoms with E-state index in [0.717, 1.165) is 17.7 Å². The van der Waals surface area contributed by atoms with Crippen LogP contribution in [0.15, 0.2) is 48.5 Å². The number of ether oxygens (including phenoxy) is 1. The molecule has 4 rings (SSSR count). The number of nitrogens with one attached hydrogen (secondary N) is 1.